The Balaban J connectivity index is 1.55. The number of aliphatic hydroxyl groups excluding tert-OH is 1. The molecular weight excluding hydrogens is 388 g/mol. The second kappa shape index (κ2) is 9.39. The quantitative estimate of drug-likeness (QED) is 0.390. The van der Waals surface area contributed by atoms with E-state index in [1.165, 1.54) is 70.6 Å². The van der Waals surface area contributed by atoms with Gasteiger partial charge in [-0.2, -0.15) is 0 Å². The first-order valence-electron chi connectivity index (χ1n) is 14.5. The lowest BCUT2D eigenvalue weighted by Gasteiger charge is -2.59. The Kier molecular flexibility index (Phi) is 7.28. The van der Waals surface area contributed by atoms with Gasteiger partial charge in [-0.25, -0.2) is 0 Å². The van der Waals surface area contributed by atoms with Gasteiger partial charge in [0.25, 0.3) is 0 Å². The van der Waals surface area contributed by atoms with Crippen LogP contribution >= 0.6 is 0 Å². The number of fused-ring (bicyclic) bond motifs is 4. The Morgan fingerprint density at radius 1 is 0.875 bits per heavy atom. The average Bonchev–Trinajstić information content (AvgIpc) is 3.07. The molecular formula is C31H54O. The van der Waals surface area contributed by atoms with Crippen molar-refractivity contribution in [2.45, 2.75) is 132 Å². The molecule has 1 heteroatoms. The summed E-state index contributed by atoms with van der Waals surface area (Å²) in [7, 11) is 0. The largest absolute Gasteiger partial charge is 0.393 e. The minimum atomic E-state index is -0.0546. The van der Waals surface area contributed by atoms with E-state index in [4.69, 9.17) is 0 Å². The second-order valence-corrected chi connectivity index (χ2v) is 14.0. The summed E-state index contributed by atoms with van der Waals surface area (Å²) in [6.45, 7) is 17.3. The van der Waals surface area contributed by atoms with Gasteiger partial charge in [-0.1, -0.05) is 78.9 Å². The van der Waals surface area contributed by atoms with Crippen LogP contribution in [0, 0.1) is 52.3 Å². The predicted molar refractivity (Wildman–Crippen MR) is 137 cm³/mol. The van der Waals surface area contributed by atoms with E-state index in [-0.39, 0.29) is 6.10 Å². The summed E-state index contributed by atoms with van der Waals surface area (Å²) in [6, 6.07) is 0. The van der Waals surface area contributed by atoms with Gasteiger partial charge in [0, 0.05) is 0 Å². The summed E-state index contributed by atoms with van der Waals surface area (Å²) in [5.41, 5.74) is 4.77. The van der Waals surface area contributed by atoms with E-state index in [9.17, 15) is 5.11 Å². The van der Waals surface area contributed by atoms with E-state index >= 15 is 0 Å². The number of aliphatic hydroxyl groups is 1. The van der Waals surface area contributed by atoms with Gasteiger partial charge in [0.15, 0.2) is 0 Å². The molecule has 1 N–H and O–H groups in total. The van der Waals surface area contributed by atoms with Gasteiger partial charge >= 0.3 is 0 Å². The molecule has 1 nitrogen and oxygen atoms in total. The van der Waals surface area contributed by atoms with Crippen LogP contribution in [0.4, 0.5) is 0 Å². The van der Waals surface area contributed by atoms with Gasteiger partial charge in [-0.05, 0) is 110 Å². The first kappa shape index (κ1) is 24.8. The number of allylic oxidation sites excluding steroid dienone is 2. The van der Waals surface area contributed by atoms with Gasteiger partial charge in [-0.3, -0.25) is 0 Å². The SMILES string of the molecule is CC(C)CCC[C@@H](C)[C@H]1CCC2=C3CCC4C(CC(C)C)C(O)CC[C@]4(C)[C@H]3CC[C@@]21C. The lowest BCUT2D eigenvalue weighted by Crippen LogP contribution is -2.52. The smallest absolute Gasteiger partial charge is 0.0571 e. The Morgan fingerprint density at radius 3 is 2.31 bits per heavy atom. The van der Waals surface area contributed by atoms with E-state index in [0.717, 1.165) is 36.0 Å². The molecule has 0 spiro atoms. The number of rotatable bonds is 7. The molecule has 184 valence electrons. The van der Waals surface area contributed by atoms with Crippen molar-refractivity contribution in [3.63, 3.8) is 0 Å². The molecule has 4 aliphatic carbocycles. The van der Waals surface area contributed by atoms with Crippen LogP contribution < -0.4 is 0 Å². The maximum atomic E-state index is 10.9. The minimum absolute atomic E-state index is 0.0546. The summed E-state index contributed by atoms with van der Waals surface area (Å²) in [6.07, 6.45) is 16.0. The molecule has 0 amide bonds. The van der Waals surface area contributed by atoms with Crippen molar-refractivity contribution in [2.24, 2.45) is 52.3 Å². The highest BCUT2D eigenvalue weighted by molar-refractivity contribution is 5.35. The summed E-state index contributed by atoms with van der Waals surface area (Å²) < 4.78 is 0. The fourth-order valence-electron chi connectivity index (χ4n) is 9.60. The van der Waals surface area contributed by atoms with E-state index in [2.05, 4.69) is 48.5 Å². The van der Waals surface area contributed by atoms with Crippen LogP contribution in [0.2, 0.25) is 0 Å². The number of hydrogen-bond donors (Lipinski definition) is 1. The van der Waals surface area contributed by atoms with Crippen LogP contribution in [0.3, 0.4) is 0 Å². The fraction of sp³-hybridized carbons (Fsp3) is 0.935. The molecule has 4 aliphatic rings. The first-order chi connectivity index (χ1) is 15.1. The Hall–Kier alpha value is -0.300. The van der Waals surface area contributed by atoms with Gasteiger partial charge < -0.3 is 5.11 Å². The summed E-state index contributed by atoms with van der Waals surface area (Å²) >= 11 is 0. The molecule has 0 heterocycles. The molecule has 3 unspecified atom stereocenters. The van der Waals surface area contributed by atoms with Crippen LogP contribution in [-0.4, -0.2) is 11.2 Å². The van der Waals surface area contributed by atoms with E-state index in [1.807, 2.05) is 11.1 Å². The summed E-state index contributed by atoms with van der Waals surface area (Å²) in [5.74, 6) is 5.40. The Labute approximate surface area is 200 Å². The Bertz CT molecular complexity index is 689. The van der Waals surface area contributed by atoms with E-state index in [0.29, 0.717) is 22.7 Å². The van der Waals surface area contributed by atoms with Crippen LogP contribution in [0.15, 0.2) is 11.1 Å². The van der Waals surface area contributed by atoms with Crippen molar-refractivity contribution < 1.29 is 5.11 Å². The lowest BCUT2D eigenvalue weighted by atomic mass is 9.46. The molecule has 3 fully saturated rings. The van der Waals surface area contributed by atoms with Crippen molar-refractivity contribution in [3.8, 4) is 0 Å². The van der Waals surface area contributed by atoms with Gasteiger partial charge in [0.1, 0.15) is 0 Å². The normalized spacial score (nSPS) is 42.8. The standard InChI is InChI=1S/C31H54O/c1-20(2)9-8-10-22(5)25-13-14-26-23-11-12-27-24(19-21(3)4)29(32)16-18-31(27,7)28(23)15-17-30(25,26)6/h20-22,24-25,27-29,32H,8-19H2,1-7H3/t22-,24?,25-,27?,28+,29?,30-,31+/m1/s1. The van der Waals surface area contributed by atoms with Crippen LogP contribution in [0.25, 0.3) is 0 Å². The van der Waals surface area contributed by atoms with Crippen molar-refractivity contribution in [2.75, 3.05) is 0 Å². The molecule has 0 aromatic heterocycles. The van der Waals surface area contributed by atoms with Crippen molar-refractivity contribution in [1.29, 1.82) is 0 Å². The molecule has 0 bridgehead atoms. The summed E-state index contributed by atoms with van der Waals surface area (Å²) in [5, 5.41) is 10.9. The summed E-state index contributed by atoms with van der Waals surface area (Å²) in [4.78, 5) is 0. The van der Waals surface area contributed by atoms with Crippen LogP contribution in [-0.2, 0) is 0 Å². The van der Waals surface area contributed by atoms with Crippen molar-refractivity contribution >= 4 is 0 Å². The third kappa shape index (κ3) is 4.27. The highest BCUT2D eigenvalue weighted by Gasteiger charge is 2.57. The lowest BCUT2D eigenvalue weighted by molar-refractivity contribution is -0.0902. The third-order valence-corrected chi connectivity index (χ3v) is 11.2. The minimum Gasteiger partial charge on any atom is -0.393 e. The zero-order chi connectivity index (χ0) is 23.3. The van der Waals surface area contributed by atoms with Crippen molar-refractivity contribution in [3.05, 3.63) is 11.1 Å². The molecule has 3 saturated carbocycles. The fourth-order valence-corrected chi connectivity index (χ4v) is 9.60. The third-order valence-electron chi connectivity index (χ3n) is 11.2. The molecule has 0 aromatic rings. The zero-order valence-electron chi connectivity index (χ0n) is 22.6. The first-order valence-corrected chi connectivity index (χ1v) is 14.5. The predicted octanol–water partition coefficient (Wildman–Crippen LogP) is 8.81. The molecule has 0 aliphatic heterocycles. The molecule has 0 aromatic carbocycles. The molecule has 32 heavy (non-hydrogen) atoms. The van der Waals surface area contributed by atoms with Gasteiger partial charge in [0.05, 0.1) is 6.10 Å². The average molecular weight is 443 g/mol. The molecule has 4 rings (SSSR count). The molecule has 0 radical (unpaired) electrons. The maximum Gasteiger partial charge on any atom is 0.0571 e. The Morgan fingerprint density at radius 2 is 1.62 bits per heavy atom. The number of hydrogen-bond acceptors (Lipinski definition) is 1. The molecule has 0 saturated heterocycles. The zero-order valence-corrected chi connectivity index (χ0v) is 22.6. The van der Waals surface area contributed by atoms with E-state index in [1.54, 1.807) is 0 Å². The maximum absolute atomic E-state index is 10.9. The van der Waals surface area contributed by atoms with Gasteiger partial charge in [-0.15, -0.1) is 0 Å². The topological polar surface area (TPSA) is 20.2 Å². The van der Waals surface area contributed by atoms with Crippen molar-refractivity contribution in [1.82, 2.24) is 0 Å². The van der Waals surface area contributed by atoms with Crippen LogP contribution in [0.1, 0.15) is 126 Å². The highest BCUT2D eigenvalue weighted by Crippen LogP contribution is 2.66. The second-order valence-electron chi connectivity index (χ2n) is 14.0. The monoisotopic (exact) mass is 442 g/mol. The highest BCUT2D eigenvalue weighted by atomic mass is 16.3. The van der Waals surface area contributed by atoms with Crippen LogP contribution in [0.5, 0.6) is 0 Å². The van der Waals surface area contributed by atoms with E-state index < -0.39 is 0 Å². The van der Waals surface area contributed by atoms with Gasteiger partial charge in [0.2, 0.25) is 0 Å². The molecule has 8 atom stereocenters.